The fourth-order valence-electron chi connectivity index (χ4n) is 3.12. The van der Waals surface area contributed by atoms with Crippen LogP contribution in [-0.4, -0.2) is 23.7 Å². The van der Waals surface area contributed by atoms with Gasteiger partial charge < -0.3 is 18.6 Å². The molecule has 1 aliphatic heterocycles. The summed E-state index contributed by atoms with van der Waals surface area (Å²) in [4.78, 5) is 27.1. The minimum atomic E-state index is -0.780. The Labute approximate surface area is 190 Å². The summed E-state index contributed by atoms with van der Waals surface area (Å²) in [6.07, 6.45) is 4.09. The van der Waals surface area contributed by atoms with Gasteiger partial charge in [0.05, 0.1) is 6.61 Å². The molecular formula is C25H22N2O6. The van der Waals surface area contributed by atoms with Crippen molar-refractivity contribution in [1.29, 1.82) is 0 Å². The molecule has 168 valence electrons. The second-order valence-electron chi connectivity index (χ2n) is 7.06. The molecule has 0 radical (unpaired) electrons. The van der Waals surface area contributed by atoms with E-state index in [2.05, 4.69) is 15.0 Å². The van der Waals surface area contributed by atoms with Crippen LogP contribution in [0.15, 0.2) is 70.8 Å². The van der Waals surface area contributed by atoms with Crippen molar-refractivity contribution in [2.75, 3.05) is 6.61 Å². The Hall–Kier alpha value is -4.33. The van der Waals surface area contributed by atoms with Gasteiger partial charge in [0.15, 0.2) is 11.5 Å². The Bertz CT molecular complexity index is 1230. The van der Waals surface area contributed by atoms with Gasteiger partial charge in [0.2, 0.25) is 5.89 Å². The third-order valence-corrected chi connectivity index (χ3v) is 4.74. The highest BCUT2D eigenvalue weighted by Gasteiger charge is 2.25. The molecule has 8 nitrogen and oxygen atoms in total. The lowest BCUT2D eigenvalue weighted by Gasteiger charge is -2.12. The van der Waals surface area contributed by atoms with Crippen molar-refractivity contribution >= 4 is 18.1 Å². The Morgan fingerprint density at radius 1 is 1.06 bits per heavy atom. The Morgan fingerprint density at radius 3 is 2.61 bits per heavy atom. The van der Waals surface area contributed by atoms with E-state index < -0.39 is 12.1 Å². The molecule has 3 aromatic rings. The molecule has 1 amide bonds. The highest BCUT2D eigenvalue weighted by Crippen LogP contribution is 2.30. The van der Waals surface area contributed by atoms with Gasteiger partial charge in [-0.05, 0) is 49.8 Å². The number of amides is 1. The van der Waals surface area contributed by atoms with Crippen LogP contribution in [0.25, 0.3) is 17.5 Å². The highest BCUT2D eigenvalue weighted by molar-refractivity contribution is 6.04. The van der Waals surface area contributed by atoms with Crippen molar-refractivity contribution in [3.8, 4) is 23.0 Å². The predicted octanol–water partition coefficient (Wildman–Crippen LogP) is 4.79. The molecule has 0 spiro atoms. The average molecular weight is 446 g/mol. The number of nitrogens with zero attached hydrogens (tertiary/aromatic N) is 1. The van der Waals surface area contributed by atoms with Crippen molar-refractivity contribution in [1.82, 2.24) is 10.3 Å². The minimum absolute atomic E-state index is 0.0825. The van der Waals surface area contributed by atoms with Crippen molar-refractivity contribution in [3.05, 3.63) is 83.4 Å². The zero-order valence-corrected chi connectivity index (χ0v) is 18.2. The van der Waals surface area contributed by atoms with Crippen molar-refractivity contribution in [2.24, 2.45) is 0 Å². The number of benzene rings is 2. The molecule has 0 atom stereocenters. The van der Waals surface area contributed by atoms with Crippen LogP contribution in [0.2, 0.25) is 0 Å². The van der Waals surface area contributed by atoms with Gasteiger partial charge in [-0.15, -0.1) is 0 Å². The number of hydrogen-bond acceptors (Lipinski definition) is 7. The second-order valence-corrected chi connectivity index (χ2v) is 7.06. The Morgan fingerprint density at radius 2 is 1.88 bits per heavy atom. The van der Waals surface area contributed by atoms with E-state index in [-0.39, 0.29) is 12.3 Å². The topological polar surface area (TPSA) is 99.9 Å². The maximum absolute atomic E-state index is 11.4. The molecule has 8 heteroatoms. The number of carbonyl (C=O) groups is 2. The summed E-state index contributed by atoms with van der Waals surface area (Å²) in [7, 11) is 0. The molecule has 0 unspecified atom stereocenters. The van der Waals surface area contributed by atoms with Gasteiger partial charge in [0, 0.05) is 5.56 Å². The van der Waals surface area contributed by atoms with E-state index >= 15 is 0 Å². The molecule has 1 aliphatic rings. The van der Waals surface area contributed by atoms with Gasteiger partial charge in [0.25, 0.3) is 0 Å². The number of oxazole rings is 1. The molecule has 1 fully saturated rings. The highest BCUT2D eigenvalue weighted by atomic mass is 16.6. The van der Waals surface area contributed by atoms with E-state index in [4.69, 9.17) is 13.9 Å². The van der Waals surface area contributed by atoms with Gasteiger partial charge >= 0.3 is 12.1 Å². The maximum atomic E-state index is 11.4. The number of cyclic esters (lactones) is 2. The standard InChI is InChI=1S/C25H22N2O6/c1-3-30-22-14-17(8-7-11-19-24(28)33-25(29)27-19)12-13-21(22)31-15-20-16(2)32-23(26-20)18-9-5-4-6-10-18/h4-14H,3,15H2,1-2H3,(H,27,29). The third kappa shape index (κ3) is 5.30. The van der Waals surface area contributed by atoms with E-state index in [1.807, 2.05) is 56.3 Å². The lowest BCUT2D eigenvalue weighted by Crippen LogP contribution is -2.11. The number of rotatable bonds is 8. The van der Waals surface area contributed by atoms with E-state index in [0.29, 0.717) is 35.5 Å². The number of nitrogens with one attached hydrogen (secondary N) is 1. The monoisotopic (exact) mass is 446 g/mol. The largest absolute Gasteiger partial charge is 0.490 e. The van der Waals surface area contributed by atoms with Crippen LogP contribution in [0, 0.1) is 6.92 Å². The third-order valence-electron chi connectivity index (χ3n) is 4.74. The summed E-state index contributed by atoms with van der Waals surface area (Å²) >= 11 is 0. The van der Waals surface area contributed by atoms with Gasteiger partial charge in [-0.25, -0.2) is 14.6 Å². The molecule has 1 aromatic heterocycles. The molecule has 33 heavy (non-hydrogen) atoms. The van der Waals surface area contributed by atoms with Gasteiger partial charge in [0.1, 0.15) is 23.8 Å². The van der Waals surface area contributed by atoms with Crippen LogP contribution in [0.5, 0.6) is 11.5 Å². The average Bonchev–Trinajstić information content (AvgIpc) is 3.34. The summed E-state index contributed by atoms with van der Waals surface area (Å²) in [5, 5.41) is 2.32. The fourth-order valence-corrected chi connectivity index (χ4v) is 3.12. The van der Waals surface area contributed by atoms with Crippen LogP contribution in [0.1, 0.15) is 23.9 Å². The molecular weight excluding hydrogens is 424 g/mol. The van der Waals surface area contributed by atoms with E-state index in [1.54, 1.807) is 18.2 Å². The van der Waals surface area contributed by atoms with Crippen molar-refractivity contribution < 1.29 is 28.2 Å². The zero-order chi connectivity index (χ0) is 23.2. The summed E-state index contributed by atoms with van der Waals surface area (Å²) in [5.74, 6) is 1.68. The van der Waals surface area contributed by atoms with Crippen LogP contribution in [0.3, 0.4) is 0 Å². The number of aromatic nitrogens is 1. The number of allylic oxidation sites excluding steroid dienone is 2. The number of ether oxygens (including phenoxy) is 3. The van der Waals surface area contributed by atoms with Crippen LogP contribution >= 0.6 is 0 Å². The first-order valence-electron chi connectivity index (χ1n) is 10.4. The summed E-state index contributed by atoms with van der Waals surface area (Å²) in [6.45, 7) is 4.43. The van der Waals surface area contributed by atoms with E-state index in [0.717, 1.165) is 11.1 Å². The number of alkyl carbamates (subject to hydrolysis) is 1. The fraction of sp³-hybridized carbons (Fsp3) is 0.160. The molecule has 1 saturated heterocycles. The first-order valence-corrected chi connectivity index (χ1v) is 10.4. The predicted molar refractivity (Wildman–Crippen MR) is 120 cm³/mol. The number of esters is 1. The van der Waals surface area contributed by atoms with E-state index in [9.17, 15) is 9.59 Å². The maximum Gasteiger partial charge on any atom is 0.419 e. The van der Waals surface area contributed by atoms with E-state index in [1.165, 1.54) is 6.08 Å². The van der Waals surface area contributed by atoms with Gasteiger partial charge in [-0.1, -0.05) is 36.4 Å². The molecule has 0 aliphatic carbocycles. The summed E-state index contributed by atoms with van der Waals surface area (Å²) < 4.78 is 21.9. The lowest BCUT2D eigenvalue weighted by molar-refractivity contribution is -0.130. The molecule has 0 bridgehead atoms. The normalized spacial score (nSPS) is 14.5. The van der Waals surface area contributed by atoms with Gasteiger partial charge in [-0.2, -0.15) is 0 Å². The van der Waals surface area contributed by atoms with Crippen LogP contribution < -0.4 is 14.8 Å². The van der Waals surface area contributed by atoms with Crippen molar-refractivity contribution in [2.45, 2.75) is 20.5 Å². The Kier molecular flexibility index (Phi) is 6.54. The number of hydrogen-bond donors (Lipinski definition) is 1. The molecule has 0 saturated carbocycles. The van der Waals surface area contributed by atoms with Crippen LogP contribution in [0.4, 0.5) is 4.79 Å². The zero-order valence-electron chi connectivity index (χ0n) is 18.2. The van der Waals surface area contributed by atoms with Crippen LogP contribution in [-0.2, 0) is 16.1 Å². The number of carbonyl (C=O) groups excluding carboxylic acids is 2. The second kappa shape index (κ2) is 9.86. The molecule has 4 rings (SSSR count). The smallest absolute Gasteiger partial charge is 0.419 e. The van der Waals surface area contributed by atoms with Gasteiger partial charge in [-0.3, -0.25) is 5.32 Å². The minimum Gasteiger partial charge on any atom is -0.490 e. The first kappa shape index (κ1) is 21.9. The summed E-state index contributed by atoms with van der Waals surface area (Å²) in [5.41, 5.74) is 2.51. The first-order chi connectivity index (χ1) is 16.0. The number of aryl methyl sites for hydroxylation is 1. The molecule has 2 heterocycles. The molecule has 2 aromatic carbocycles. The lowest BCUT2D eigenvalue weighted by atomic mass is 10.2. The summed E-state index contributed by atoms with van der Waals surface area (Å²) in [6, 6.07) is 15.2. The SMILES string of the molecule is CCOc1cc(C=CC=C2NC(=O)OC2=O)ccc1OCc1nc(-c2ccccc2)oc1C. The molecule has 1 N–H and O–H groups in total. The van der Waals surface area contributed by atoms with Crippen molar-refractivity contribution in [3.63, 3.8) is 0 Å². The quantitative estimate of drug-likeness (QED) is 0.302. The Balaban J connectivity index is 1.46.